The average Bonchev–Trinajstić information content (AvgIpc) is 3.17. The molecule has 0 bridgehead atoms. The van der Waals surface area contributed by atoms with Gasteiger partial charge in [0.1, 0.15) is 5.82 Å². The van der Waals surface area contributed by atoms with Gasteiger partial charge in [-0.25, -0.2) is 4.39 Å². The number of aryl methyl sites for hydroxylation is 1. The molecular weight excluding hydrogens is 361 g/mol. The number of halogens is 1. The predicted molar refractivity (Wildman–Crippen MR) is 101 cm³/mol. The Kier molecular flexibility index (Phi) is 6.86. The summed E-state index contributed by atoms with van der Waals surface area (Å²) in [4.78, 5) is 12.0. The van der Waals surface area contributed by atoms with Crippen LogP contribution >= 0.6 is 0 Å². The fourth-order valence-corrected chi connectivity index (χ4v) is 2.83. The van der Waals surface area contributed by atoms with E-state index in [2.05, 4.69) is 15.5 Å². The molecule has 1 N–H and O–H groups in total. The van der Waals surface area contributed by atoms with Crippen LogP contribution in [0.4, 0.5) is 4.39 Å². The number of ether oxygens (including phenoxy) is 1. The van der Waals surface area contributed by atoms with Gasteiger partial charge in [-0.05, 0) is 29.7 Å². The van der Waals surface area contributed by atoms with E-state index in [4.69, 9.17) is 9.15 Å². The van der Waals surface area contributed by atoms with Gasteiger partial charge in [0.2, 0.25) is 17.7 Å². The summed E-state index contributed by atoms with van der Waals surface area (Å²) >= 11 is 0. The number of benzene rings is 2. The molecule has 3 rings (SSSR count). The molecule has 0 spiro atoms. The first kappa shape index (κ1) is 19.7. The van der Waals surface area contributed by atoms with Crippen molar-refractivity contribution in [2.75, 3.05) is 13.7 Å². The molecule has 0 fully saturated rings. The van der Waals surface area contributed by atoms with Gasteiger partial charge in [0.25, 0.3) is 0 Å². The smallest absolute Gasteiger partial charge is 0.249 e. The number of carbonyl (C=O) groups excluding carboxylic acids is 1. The summed E-state index contributed by atoms with van der Waals surface area (Å²) in [6.45, 7) is 0.442. The summed E-state index contributed by atoms with van der Waals surface area (Å²) in [5.74, 6) is 0.340. The Labute approximate surface area is 162 Å². The van der Waals surface area contributed by atoms with E-state index >= 15 is 0 Å². The molecule has 0 aliphatic carbocycles. The summed E-state index contributed by atoms with van der Waals surface area (Å²) in [5, 5.41) is 10.9. The van der Waals surface area contributed by atoms with Crippen LogP contribution in [0.15, 0.2) is 59.0 Å². The maximum atomic E-state index is 13.1. The standard InChI is InChI=1S/C21H22FN3O3/c1-27-20(16-7-3-2-4-8-16)21-25-24-19(28-21)11-10-18(26)23-13-12-15-6-5-9-17(22)14-15/h2-9,14,20H,10-13H2,1H3,(H,23,26)/t20-/m0/s1. The third kappa shape index (κ3) is 5.47. The Morgan fingerprint density at radius 3 is 2.71 bits per heavy atom. The third-order valence-corrected chi connectivity index (χ3v) is 4.24. The van der Waals surface area contributed by atoms with Crippen molar-refractivity contribution in [3.8, 4) is 0 Å². The van der Waals surface area contributed by atoms with E-state index in [-0.39, 0.29) is 18.1 Å². The van der Waals surface area contributed by atoms with E-state index < -0.39 is 6.10 Å². The number of hydrogen-bond donors (Lipinski definition) is 1. The molecule has 146 valence electrons. The number of carbonyl (C=O) groups is 1. The monoisotopic (exact) mass is 383 g/mol. The Morgan fingerprint density at radius 2 is 1.96 bits per heavy atom. The highest BCUT2D eigenvalue weighted by Gasteiger charge is 2.20. The van der Waals surface area contributed by atoms with Gasteiger partial charge >= 0.3 is 0 Å². The van der Waals surface area contributed by atoms with Crippen LogP contribution in [0.5, 0.6) is 0 Å². The number of nitrogens with one attached hydrogen (secondary N) is 1. The molecule has 1 heterocycles. The van der Waals surface area contributed by atoms with Crippen LogP contribution in [0.2, 0.25) is 0 Å². The predicted octanol–water partition coefficient (Wildman–Crippen LogP) is 3.24. The summed E-state index contributed by atoms with van der Waals surface area (Å²) in [5.41, 5.74) is 1.75. The van der Waals surface area contributed by atoms with Gasteiger partial charge in [-0.15, -0.1) is 10.2 Å². The van der Waals surface area contributed by atoms with Crippen LogP contribution in [0.3, 0.4) is 0 Å². The average molecular weight is 383 g/mol. The van der Waals surface area contributed by atoms with Gasteiger partial charge in [-0.2, -0.15) is 0 Å². The second-order valence-electron chi connectivity index (χ2n) is 6.29. The molecule has 1 amide bonds. The van der Waals surface area contributed by atoms with Crippen molar-refractivity contribution in [2.45, 2.75) is 25.4 Å². The number of amides is 1. The van der Waals surface area contributed by atoms with Crippen molar-refractivity contribution in [3.63, 3.8) is 0 Å². The highest BCUT2D eigenvalue weighted by molar-refractivity contribution is 5.76. The van der Waals surface area contributed by atoms with Gasteiger partial charge in [0.15, 0.2) is 6.10 Å². The number of methoxy groups -OCH3 is 1. The highest BCUT2D eigenvalue weighted by atomic mass is 19.1. The van der Waals surface area contributed by atoms with Crippen LogP contribution in [-0.2, 0) is 22.4 Å². The van der Waals surface area contributed by atoms with Crippen LogP contribution < -0.4 is 5.32 Å². The first-order valence-electron chi connectivity index (χ1n) is 9.07. The van der Waals surface area contributed by atoms with Gasteiger partial charge in [-0.1, -0.05) is 42.5 Å². The number of rotatable bonds is 9. The molecule has 0 aliphatic rings. The minimum Gasteiger partial charge on any atom is -0.422 e. The van der Waals surface area contributed by atoms with E-state index in [1.165, 1.54) is 12.1 Å². The van der Waals surface area contributed by atoms with Crippen LogP contribution in [0.25, 0.3) is 0 Å². The zero-order chi connectivity index (χ0) is 19.8. The minimum absolute atomic E-state index is 0.123. The number of hydrogen-bond acceptors (Lipinski definition) is 5. The normalized spacial score (nSPS) is 11.9. The largest absolute Gasteiger partial charge is 0.422 e. The molecule has 1 aromatic heterocycles. The summed E-state index contributed by atoms with van der Waals surface area (Å²) < 4.78 is 24.3. The molecule has 7 heteroatoms. The van der Waals surface area contributed by atoms with E-state index in [1.807, 2.05) is 36.4 Å². The lowest BCUT2D eigenvalue weighted by Gasteiger charge is -2.10. The first-order chi connectivity index (χ1) is 13.7. The molecule has 0 saturated carbocycles. The fraction of sp³-hybridized carbons (Fsp3) is 0.286. The lowest BCUT2D eigenvalue weighted by Crippen LogP contribution is -2.25. The van der Waals surface area contributed by atoms with Gasteiger partial charge < -0.3 is 14.5 Å². The Morgan fingerprint density at radius 1 is 1.14 bits per heavy atom. The van der Waals surface area contributed by atoms with Gasteiger partial charge in [0.05, 0.1) is 0 Å². The quantitative estimate of drug-likeness (QED) is 0.614. The molecule has 0 radical (unpaired) electrons. The second kappa shape index (κ2) is 9.75. The minimum atomic E-state index is -0.442. The molecule has 0 unspecified atom stereocenters. The molecule has 6 nitrogen and oxygen atoms in total. The van der Waals surface area contributed by atoms with E-state index in [0.29, 0.717) is 31.2 Å². The number of aromatic nitrogens is 2. The van der Waals surface area contributed by atoms with Crippen molar-refractivity contribution in [1.29, 1.82) is 0 Å². The summed E-state index contributed by atoms with van der Waals surface area (Å²) in [7, 11) is 1.58. The fourth-order valence-electron chi connectivity index (χ4n) is 2.83. The topological polar surface area (TPSA) is 77.2 Å². The third-order valence-electron chi connectivity index (χ3n) is 4.24. The zero-order valence-corrected chi connectivity index (χ0v) is 15.6. The molecular formula is C21H22FN3O3. The van der Waals surface area contributed by atoms with Crippen molar-refractivity contribution in [3.05, 3.63) is 83.3 Å². The first-order valence-corrected chi connectivity index (χ1v) is 9.07. The maximum Gasteiger partial charge on any atom is 0.249 e. The number of nitrogens with zero attached hydrogens (tertiary/aromatic N) is 2. The summed E-state index contributed by atoms with van der Waals surface area (Å²) in [6.07, 6.45) is 0.695. The van der Waals surface area contributed by atoms with E-state index in [0.717, 1.165) is 11.1 Å². The van der Waals surface area contributed by atoms with Crippen molar-refractivity contribution in [1.82, 2.24) is 15.5 Å². The molecule has 0 saturated heterocycles. The van der Waals surface area contributed by atoms with Gasteiger partial charge in [-0.3, -0.25) is 4.79 Å². The molecule has 2 aromatic carbocycles. The molecule has 28 heavy (non-hydrogen) atoms. The highest BCUT2D eigenvalue weighted by Crippen LogP contribution is 2.24. The molecule has 0 aliphatic heterocycles. The van der Waals surface area contributed by atoms with Crippen LogP contribution in [-0.4, -0.2) is 29.8 Å². The lowest BCUT2D eigenvalue weighted by atomic mass is 10.1. The molecule has 3 aromatic rings. The SMILES string of the molecule is CO[C@@H](c1ccccc1)c1nnc(CCC(=O)NCCc2cccc(F)c2)o1. The maximum absolute atomic E-state index is 13.1. The van der Waals surface area contributed by atoms with Gasteiger partial charge in [0, 0.05) is 26.5 Å². The second-order valence-corrected chi connectivity index (χ2v) is 6.29. The van der Waals surface area contributed by atoms with Crippen LogP contribution in [0.1, 0.15) is 35.4 Å². The van der Waals surface area contributed by atoms with E-state index in [1.54, 1.807) is 13.2 Å². The van der Waals surface area contributed by atoms with Crippen LogP contribution in [0, 0.1) is 5.82 Å². The Bertz CT molecular complexity index is 899. The Hall–Kier alpha value is -3.06. The van der Waals surface area contributed by atoms with E-state index in [9.17, 15) is 9.18 Å². The van der Waals surface area contributed by atoms with Crippen molar-refractivity contribution >= 4 is 5.91 Å². The van der Waals surface area contributed by atoms with Crippen molar-refractivity contribution < 1.29 is 18.3 Å². The zero-order valence-electron chi connectivity index (χ0n) is 15.6. The van der Waals surface area contributed by atoms with Crippen molar-refractivity contribution in [2.24, 2.45) is 0 Å². The lowest BCUT2D eigenvalue weighted by molar-refractivity contribution is -0.121. The Balaban J connectivity index is 1.46. The summed E-state index contributed by atoms with van der Waals surface area (Å²) in [6, 6.07) is 15.9. The molecule has 1 atom stereocenters.